The van der Waals surface area contributed by atoms with Crippen LogP contribution in [0.4, 0.5) is 0 Å². The first-order valence-electron chi connectivity index (χ1n) is 7.88. The van der Waals surface area contributed by atoms with Crippen molar-refractivity contribution in [3.8, 4) is 0 Å². The van der Waals surface area contributed by atoms with Crippen molar-refractivity contribution in [2.24, 2.45) is 0 Å². The van der Waals surface area contributed by atoms with Crippen molar-refractivity contribution >= 4 is 21.8 Å². The van der Waals surface area contributed by atoms with Crippen LogP contribution in [0.3, 0.4) is 0 Å². The summed E-state index contributed by atoms with van der Waals surface area (Å²) in [5.41, 5.74) is 0.751. The first kappa shape index (κ1) is 17.2. The number of halogens is 1. The zero-order chi connectivity index (χ0) is 16.1. The van der Waals surface area contributed by atoms with Gasteiger partial charge in [0.05, 0.1) is 0 Å². The lowest BCUT2D eigenvalue weighted by Gasteiger charge is -2.42. The molecule has 1 aromatic carbocycles. The quantitative estimate of drug-likeness (QED) is 0.738. The topological polar surface area (TPSA) is 23.6 Å². The second-order valence-electron chi connectivity index (χ2n) is 6.07. The molecule has 1 aliphatic carbocycles. The second-order valence-corrected chi connectivity index (χ2v) is 6.99. The van der Waals surface area contributed by atoms with E-state index in [0.717, 1.165) is 29.4 Å². The van der Waals surface area contributed by atoms with Gasteiger partial charge >= 0.3 is 0 Å². The fourth-order valence-corrected chi connectivity index (χ4v) is 3.61. The van der Waals surface area contributed by atoms with E-state index in [4.69, 9.17) is 0 Å². The summed E-state index contributed by atoms with van der Waals surface area (Å²) in [4.78, 5) is 17.0. The van der Waals surface area contributed by atoms with Crippen LogP contribution in [0, 0.1) is 0 Å². The highest BCUT2D eigenvalue weighted by molar-refractivity contribution is 9.10. The highest BCUT2D eigenvalue weighted by Crippen LogP contribution is 2.27. The first-order valence-corrected chi connectivity index (χ1v) is 8.67. The van der Waals surface area contributed by atoms with Crippen molar-refractivity contribution in [3.63, 3.8) is 0 Å². The van der Waals surface area contributed by atoms with Crippen molar-refractivity contribution in [2.45, 2.75) is 37.8 Å². The Balaban J connectivity index is 2.14. The summed E-state index contributed by atoms with van der Waals surface area (Å²) in [6.07, 6.45) is 6.59. The molecule has 1 aliphatic rings. The van der Waals surface area contributed by atoms with Crippen LogP contribution >= 0.6 is 15.9 Å². The standard InChI is InChI=1S/C18H25BrN2O/c1-4-13-20(2)16-7-5-6-8-17(16)21(3)18(22)14-9-11-15(19)12-10-14/h4,9-12,16-17H,1,5-8,13H2,2-3H3. The molecule has 0 aromatic heterocycles. The molecule has 120 valence electrons. The Hall–Kier alpha value is -1.13. The maximum atomic E-state index is 12.8. The summed E-state index contributed by atoms with van der Waals surface area (Å²) in [6.45, 7) is 4.69. The molecule has 0 saturated heterocycles. The third-order valence-corrected chi connectivity index (χ3v) is 5.11. The van der Waals surface area contributed by atoms with Crippen LogP contribution in [0.25, 0.3) is 0 Å². The maximum Gasteiger partial charge on any atom is 0.253 e. The Kier molecular flexibility index (Phi) is 6.21. The normalized spacial score (nSPS) is 21.6. The minimum absolute atomic E-state index is 0.108. The van der Waals surface area contributed by atoms with Crippen LogP contribution < -0.4 is 0 Å². The smallest absolute Gasteiger partial charge is 0.253 e. The van der Waals surface area contributed by atoms with Crippen molar-refractivity contribution in [1.29, 1.82) is 0 Å². The summed E-state index contributed by atoms with van der Waals surface area (Å²) in [5.74, 6) is 0.108. The van der Waals surface area contributed by atoms with E-state index in [1.54, 1.807) is 0 Å². The summed E-state index contributed by atoms with van der Waals surface area (Å²) >= 11 is 3.41. The van der Waals surface area contributed by atoms with E-state index in [1.807, 2.05) is 42.3 Å². The predicted octanol–water partition coefficient (Wildman–Crippen LogP) is 3.95. The highest BCUT2D eigenvalue weighted by atomic mass is 79.9. The SMILES string of the molecule is C=CCN(C)C1CCCCC1N(C)C(=O)c1ccc(Br)cc1. The van der Waals surface area contributed by atoms with Gasteiger partial charge in [0.1, 0.15) is 0 Å². The van der Waals surface area contributed by atoms with E-state index >= 15 is 0 Å². The van der Waals surface area contributed by atoms with Crippen LogP contribution in [0.2, 0.25) is 0 Å². The average molecular weight is 365 g/mol. The minimum atomic E-state index is 0.108. The molecule has 2 rings (SSSR count). The van der Waals surface area contributed by atoms with Crippen molar-refractivity contribution in [3.05, 3.63) is 47.0 Å². The van der Waals surface area contributed by atoms with Gasteiger partial charge in [0.2, 0.25) is 0 Å². The number of likely N-dealkylation sites (N-methyl/N-ethyl adjacent to an activating group) is 2. The van der Waals surface area contributed by atoms with E-state index in [0.29, 0.717) is 6.04 Å². The lowest BCUT2D eigenvalue weighted by molar-refractivity contribution is 0.0522. The van der Waals surface area contributed by atoms with Crippen LogP contribution in [0.15, 0.2) is 41.4 Å². The van der Waals surface area contributed by atoms with Crippen LogP contribution in [0.5, 0.6) is 0 Å². The van der Waals surface area contributed by atoms with Gasteiger partial charge in [-0.2, -0.15) is 0 Å². The third kappa shape index (κ3) is 3.99. The molecule has 2 atom stereocenters. The number of hydrogen-bond acceptors (Lipinski definition) is 2. The molecule has 0 N–H and O–H groups in total. The zero-order valence-electron chi connectivity index (χ0n) is 13.5. The Morgan fingerprint density at radius 2 is 1.82 bits per heavy atom. The number of carbonyl (C=O) groups is 1. The summed E-state index contributed by atoms with van der Waals surface area (Å²) in [5, 5.41) is 0. The van der Waals surface area contributed by atoms with E-state index in [-0.39, 0.29) is 11.9 Å². The molecule has 0 bridgehead atoms. The van der Waals surface area contributed by atoms with Crippen LogP contribution in [-0.4, -0.2) is 48.4 Å². The molecule has 0 radical (unpaired) electrons. The maximum absolute atomic E-state index is 12.8. The summed E-state index contributed by atoms with van der Waals surface area (Å²) < 4.78 is 0.993. The number of amides is 1. The molecule has 1 saturated carbocycles. The fourth-order valence-electron chi connectivity index (χ4n) is 3.34. The van der Waals surface area contributed by atoms with Crippen LogP contribution in [-0.2, 0) is 0 Å². The van der Waals surface area contributed by atoms with Gasteiger partial charge in [0.15, 0.2) is 0 Å². The largest absolute Gasteiger partial charge is 0.337 e. The molecular weight excluding hydrogens is 340 g/mol. The molecule has 0 aliphatic heterocycles. The Labute approximate surface area is 142 Å². The van der Waals surface area contributed by atoms with E-state index in [2.05, 4.69) is 34.5 Å². The minimum Gasteiger partial charge on any atom is -0.337 e. The van der Waals surface area contributed by atoms with Gasteiger partial charge < -0.3 is 4.90 Å². The number of nitrogens with zero attached hydrogens (tertiary/aromatic N) is 2. The van der Waals surface area contributed by atoms with E-state index < -0.39 is 0 Å². The molecule has 2 unspecified atom stereocenters. The Morgan fingerprint density at radius 3 is 2.41 bits per heavy atom. The number of rotatable bonds is 5. The first-order chi connectivity index (χ1) is 10.5. The van der Waals surface area contributed by atoms with Gasteiger partial charge in [-0.05, 0) is 44.2 Å². The molecule has 4 heteroatoms. The number of benzene rings is 1. The van der Waals surface area contributed by atoms with E-state index in [1.165, 1.54) is 12.8 Å². The zero-order valence-corrected chi connectivity index (χ0v) is 15.1. The van der Waals surface area contributed by atoms with Gasteiger partial charge in [-0.25, -0.2) is 0 Å². The Bertz CT molecular complexity index is 514. The lowest BCUT2D eigenvalue weighted by Crippen LogP contribution is -2.52. The summed E-state index contributed by atoms with van der Waals surface area (Å²) in [6, 6.07) is 8.29. The number of carbonyl (C=O) groups excluding carboxylic acids is 1. The molecule has 22 heavy (non-hydrogen) atoms. The average Bonchev–Trinajstić information content (AvgIpc) is 2.54. The lowest BCUT2D eigenvalue weighted by atomic mass is 9.88. The molecule has 1 amide bonds. The third-order valence-electron chi connectivity index (χ3n) is 4.59. The van der Waals surface area contributed by atoms with E-state index in [9.17, 15) is 4.79 Å². The molecule has 0 heterocycles. The monoisotopic (exact) mass is 364 g/mol. The van der Waals surface area contributed by atoms with Crippen molar-refractivity contribution in [2.75, 3.05) is 20.6 Å². The van der Waals surface area contributed by atoms with Crippen molar-refractivity contribution < 1.29 is 4.79 Å². The Morgan fingerprint density at radius 1 is 1.23 bits per heavy atom. The van der Waals surface area contributed by atoms with Gasteiger partial charge in [0, 0.05) is 35.7 Å². The van der Waals surface area contributed by atoms with Gasteiger partial charge in [-0.1, -0.05) is 34.8 Å². The molecule has 1 aromatic rings. The molecule has 1 fully saturated rings. The van der Waals surface area contributed by atoms with Crippen molar-refractivity contribution in [1.82, 2.24) is 9.80 Å². The second kappa shape index (κ2) is 7.93. The molecule has 3 nitrogen and oxygen atoms in total. The van der Waals surface area contributed by atoms with Gasteiger partial charge in [-0.15, -0.1) is 6.58 Å². The molecular formula is C18H25BrN2O. The number of hydrogen-bond donors (Lipinski definition) is 0. The predicted molar refractivity (Wildman–Crippen MR) is 95.1 cm³/mol. The summed E-state index contributed by atoms with van der Waals surface area (Å²) in [7, 11) is 4.07. The van der Waals surface area contributed by atoms with Gasteiger partial charge in [0.25, 0.3) is 5.91 Å². The van der Waals surface area contributed by atoms with Crippen LogP contribution in [0.1, 0.15) is 36.0 Å². The highest BCUT2D eigenvalue weighted by Gasteiger charge is 2.33. The van der Waals surface area contributed by atoms with Gasteiger partial charge in [-0.3, -0.25) is 9.69 Å². The molecule has 0 spiro atoms. The fraction of sp³-hybridized carbons (Fsp3) is 0.500.